The van der Waals surface area contributed by atoms with Gasteiger partial charge in [0.05, 0.1) is 5.54 Å². The number of nitrogens with two attached hydrogens (primary N) is 1. The Bertz CT molecular complexity index is 309. The van der Waals surface area contributed by atoms with Crippen molar-refractivity contribution in [1.29, 1.82) is 0 Å². The molecule has 4 nitrogen and oxygen atoms in total. The van der Waals surface area contributed by atoms with Crippen LogP contribution in [0.2, 0.25) is 0 Å². The van der Waals surface area contributed by atoms with Crippen LogP contribution in [0.25, 0.3) is 0 Å². The summed E-state index contributed by atoms with van der Waals surface area (Å²) in [7, 11) is 4.08. The Hall–Kier alpha value is -0.0300. The van der Waals surface area contributed by atoms with E-state index < -0.39 is 5.54 Å². The van der Waals surface area contributed by atoms with Crippen molar-refractivity contribution in [2.75, 3.05) is 33.7 Å². The van der Waals surface area contributed by atoms with Crippen LogP contribution in [-0.4, -0.2) is 55.0 Å². The van der Waals surface area contributed by atoms with E-state index in [1.807, 2.05) is 11.9 Å². The van der Waals surface area contributed by atoms with Crippen LogP contribution in [0, 0.1) is 5.92 Å². The normalized spacial score (nSPS) is 25.4. The third-order valence-electron chi connectivity index (χ3n) is 4.52. The number of carbonyl (C=O) groups excluding carboxylic acids is 1. The molecule has 1 unspecified atom stereocenters. The van der Waals surface area contributed by atoms with Crippen molar-refractivity contribution < 1.29 is 4.79 Å². The molecular formula is C14H29Cl2N3O. The predicted octanol–water partition coefficient (Wildman–Crippen LogP) is 1.90. The van der Waals surface area contributed by atoms with E-state index in [1.165, 1.54) is 19.4 Å². The molecule has 0 aromatic rings. The molecule has 6 heteroatoms. The standard InChI is InChI=1S/C14H27N3O.2ClH/c1-16-9-5-6-12(10-16)11-17(2)13(18)14(15)7-3-4-8-14;;/h12H,3-11,15H2,1-2H3;2*1H. The molecule has 0 radical (unpaired) electrons. The lowest BCUT2D eigenvalue weighted by Gasteiger charge is -2.35. The fourth-order valence-corrected chi connectivity index (χ4v) is 3.49. The molecule has 1 aliphatic carbocycles. The third-order valence-corrected chi connectivity index (χ3v) is 4.52. The summed E-state index contributed by atoms with van der Waals surface area (Å²) in [6, 6.07) is 0. The summed E-state index contributed by atoms with van der Waals surface area (Å²) in [5.41, 5.74) is 5.67. The second kappa shape index (κ2) is 8.42. The minimum Gasteiger partial charge on any atom is -0.344 e. The lowest BCUT2D eigenvalue weighted by atomic mass is 9.94. The predicted molar refractivity (Wildman–Crippen MR) is 87.7 cm³/mol. The quantitative estimate of drug-likeness (QED) is 0.862. The van der Waals surface area contributed by atoms with Gasteiger partial charge in [0.2, 0.25) is 5.91 Å². The molecule has 1 atom stereocenters. The van der Waals surface area contributed by atoms with E-state index >= 15 is 0 Å². The number of hydrogen-bond acceptors (Lipinski definition) is 3. The summed E-state index contributed by atoms with van der Waals surface area (Å²) in [5.74, 6) is 0.774. The van der Waals surface area contributed by atoms with Gasteiger partial charge < -0.3 is 15.5 Å². The highest BCUT2D eigenvalue weighted by molar-refractivity contribution is 5.86. The van der Waals surface area contributed by atoms with Crippen LogP contribution < -0.4 is 5.73 Å². The van der Waals surface area contributed by atoms with Crippen molar-refractivity contribution in [3.63, 3.8) is 0 Å². The molecule has 1 saturated carbocycles. The Morgan fingerprint density at radius 2 is 1.90 bits per heavy atom. The molecule has 2 fully saturated rings. The van der Waals surface area contributed by atoms with E-state index in [9.17, 15) is 4.79 Å². The summed E-state index contributed by atoms with van der Waals surface area (Å²) < 4.78 is 0. The van der Waals surface area contributed by atoms with Crippen LogP contribution in [-0.2, 0) is 4.79 Å². The zero-order valence-electron chi connectivity index (χ0n) is 12.6. The maximum Gasteiger partial charge on any atom is 0.242 e. The molecule has 2 rings (SSSR count). The molecule has 0 spiro atoms. The molecule has 120 valence electrons. The van der Waals surface area contributed by atoms with E-state index in [4.69, 9.17) is 5.73 Å². The molecule has 1 amide bonds. The van der Waals surface area contributed by atoms with Crippen molar-refractivity contribution in [1.82, 2.24) is 9.80 Å². The fourth-order valence-electron chi connectivity index (χ4n) is 3.49. The monoisotopic (exact) mass is 325 g/mol. The maximum absolute atomic E-state index is 12.4. The van der Waals surface area contributed by atoms with Gasteiger partial charge in [0, 0.05) is 20.1 Å². The molecule has 1 aliphatic heterocycles. The van der Waals surface area contributed by atoms with Crippen LogP contribution in [0.3, 0.4) is 0 Å². The Kier molecular flexibility index (Phi) is 8.41. The second-order valence-electron chi connectivity index (χ2n) is 6.32. The largest absolute Gasteiger partial charge is 0.344 e. The number of hydrogen-bond donors (Lipinski definition) is 1. The Morgan fingerprint density at radius 3 is 2.45 bits per heavy atom. The first-order chi connectivity index (χ1) is 8.51. The van der Waals surface area contributed by atoms with E-state index in [0.29, 0.717) is 5.92 Å². The highest BCUT2D eigenvalue weighted by Crippen LogP contribution is 2.29. The maximum atomic E-state index is 12.4. The highest BCUT2D eigenvalue weighted by Gasteiger charge is 2.39. The van der Waals surface area contributed by atoms with Crippen LogP contribution in [0.5, 0.6) is 0 Å². The van der Waals surface area contributed by atoms with Gasteiger partial charge in [-0.25, -0.2) is 0 Å². The number of amides is 1. The van der Waals surface area contributed by atoms with Gasteiger partial charge in [-0.3, -0.25) is 4.79 Å². The molecule has 0 bridgehead atoms. The lowest BCUT2D eigenvalue weighted by molar-refractivity contribution is -0.136. The molecule has 1 heterocycles. The first-order valence-corrected chi connectivity index (χ1v) is 7.24. The van der Waals surface area contributed by atoms with Gasteiger partial charge in [-0.15, -0.1) is 24.8 Å². The summed E-state index contributed by atoms with van der Waals surface area (Å²) >= 11 is 0. The number of likely N-dealkylation sites (N-methyl/N-ethyl adjacent to an activating group) is 1. The summed E-state index contributed by atoms with van der Waals surface area (Å²) in [5, 5.41) is 0. The Labute approximate surface area is 135 Å². The van der Waals surface area contributed by atoms with Gasteiger partial charge in [-0.2, -0.15) is 0 Å². The summed E-state index contributed by atoms with van der Waals surface area (Å²) in [4.78, 5) is 16.7. The fraction of sp³-hybridized carbons (Fsp3) is 0.929. The van der Waals surface area contributed by atoms with Gasteiger partial charge in [0.15, 0.2) is 0 Å². The van der Waals surface area contributed by atoms with Gasteiger partial charge in [-0.1, -0.05) is 12.8 Å². The number of piperidine rings is 1. The zero-order chi connectivity index (χ0) is 13.2. The first kappa shape index (κ1) is 20.0. The van der Waals surface area contributed by atoms with Crippen LogP contribution in [0.1, 0.15) is 38.5 Å². The minimum absolute atomic E-state index is 0. The Morgan fingerprint density at radius 1 is 1.30 bits per heavy atom. The zero-order valence-corrected chi connectivity index (χ0v) is 14.3. The van der Waals surface area contributed by atoms with Crippen LogP contribution >= 0.6 is 24.8 Å². The van der Waals surface area contributed by atoms with E-state index in [0.717, 1.165) is 38.8 Å². The highest BCUT2D eigenvalue weighted by atomic mass is 35.5. The van der Waals surface area contributed by atoms with Crippen LogP contribution in [0.4, 0.5) is 0 Å². The first-order valence-electron chi connectivity index (χ1n) is 7.24. The molecule has 20 heavy (non-hydrogen) atoms. The molecule has 2 aliphatic rings. The average Bonchev–Trinajstić information content (AvgIpc) is 2.76. The van der Waals surface area contributed by atoms with Crippen molar-refractivity contribution >= 4 is 30.7 Å². The van der Waals surface area contributed by atoms with Crippen molar-refractivity contribution in [2.45, 2.75) is 44.1 Å². The van der Waals surface area contributed by atoms with Gasteiger partial charge in [0.1, 0.15) is 0 Å². The van der Waals surface area contributed by atoms with Crippen LogP contribution in [0.15, 0.2) is 0 Å². The summed E-state index contributed by atoms with van der Waals surface area (Å²) in [6.45, 7) is 3.16. The van der Waals surface area contributed by atoms with Crippen molar-refractivity contribution in [2.24, 2.45) is 11.7 Å². The van der Waals surface area contributed by atoms with Crippen molar-refractivity contribution in [3.8, 4) is 0 Å². The molecule has 0 aromatic heterocycles. The van der Waals surface area contributed by atoms with E-state index in [2.05, 4.69) is 11.9 Å². The number of likely N-dealkylation sites (tertiary alicyclic amines) is 1. The molecule has 0 aromatic carbocycles. The van der Waals surface area contributed by atoms with Gasteiger partial charge in [-0.05, 0) is 45.2 Å². The lowest BCUT2D eigenvalue weighted by Crippen LogP contribution is -2.54. The smallest absolute Gasteiger partial charge is 0.242 e. The number of carbonyl (C=O) groups is 1. The third kappa shape index (κ3) is 4.76. The second-order valence-corrected chi connectivity index (χ2v) is 6.32. The average molecular weight is 326 g/mol. The molecular weight excluding hydrogens is 297 g/mol. The number of halogens is 2. The minimum atomic E-state index is -0.560. The van der Waals surface area contributed by atoms with Gasteiger partial charge in [0.25, 0.3) is 0 Å². The van der Waals surface area contributed by atoms with E-state index in [-0.39, 0.29) is 30.7 Å². The van der Waals surface area contributed by atoms with E-state index in [1.54, 1.807) is 0 Å². The molecule has 1 saturated heterocycles. The number of rotatable bonds is 3. The van der Waals surface area contributed by atoms with Gasteiger partial charge >= 0.3 is 0 Å². The number of nitrogens with zero attached hydrogens (tertiary/aromatic N) is 2. The Balaban J connectivity index is 0.00000180. The topological polar surface area (TPSA) is 49.6 Å². The summed E-state index contributed by atoms with van der Waals surface area (Å²) in [6.07, 6.45) is 6.41. The molecule has 2 N–H and O–H groups in total. The van der Waals surface area contributed by atoms with Crippen molar-refractivity contribution in [3.05, 3.63) is 0 Å². The SMILES string of the molecule is CN1CCCC(CN(C)C(=O)C2(N)CCCC2)C1.Cl.Cl.